The highest BCUT2D eigenvalue weighted by Crippen LogP contribution is 2.08. The molecule has 0 aromatic heterocycles. The van der Waals surface area contributed by atoms with Crippen molar-refractivity contribution in [2.45, 2.75) is 33.3 Å². The van der Waals surface area contributed by atoms with E-state index in [1.54, 1.807) is 13.8 Å². The molecular weight excluding hydrogens is 214 g/mol. The fourth-order valence-electron chi connectivity index (χ4n) is 1.01. The lowest BCUT2D eigenvalue weighted by molar-refractivity contribution is -0.142. The second kappa shape index (κ2) is 6.84. The van der Waals surface area contributed by atoms with Crippen molar-refractivity contribution >= 4 is 12.1 Å². The van der Waals surface area contributed by atoms with Crippen LogP contribution in [0.1, 0.15) is 27.2 Å². The number of carboxylic acid groups (broad SMARTS) is 1. The number of carbonyl (C=O) groups is 2. The van der Waals surface area contributed by atoms with Crippen LogP contribution in [-0.2, 0) is 9.53 Å². The van der Waals surface area contributed by atoms with Gasteiger partial charge in [-0.3, -0.25) is 5.32 Å². The van der Waals surface area contributed by atoms with E-state index in [4.69, 9.17) is 14.9 Å². The largest absolute Gasteiger partial charge is 0.465 e. The molecule has 0 saturated carbocycles. The SMILES string of the molecule is CC(C(=O)OC(C)C)=C(CCO)NC(=O)O. The average Bonchev–Trinajstić information content (AvgIpc) is 2.14. The van der Waals surface area contributed by atoms with Crippen molar-refractivity contribution in [2.24, 2.45) is 0 Å². The van der Waals surface area contributed by atoms with Gasteiger partial charge in [0.1, 0.15) is 0 Å². The molecule has 0 rings (SSSR count). The summed E-state index contributed by atoms with van der Waals surface area (Å²) in [6.45, 7) is 4.59. The van der Waals surface area contributed by atoms with Crippen molar-refractivity contribution in [3.05, 3.63) is 11.3 Å². The van der Waals surface area contributed by atoms with Crippen molar-refractivity contribution < 1.29 is 24.5 Å². The molecule has 0 aromatic carbocycles. The summed E-state index contributed by atoms with van der Waals surface area (Å²) < 4.78 is 4.91. The number of carbonyl (C=O) groups excluding carboxylic acids is 1. The molecule has 0 aromatic rings. The zero-order valence-electron chi connectivity index (χ0n) is 9.61. The number of esters is 1. The fourth-order valence-corrected chi connectivity index (χ4v) is 1.01. The van der Waals surface area contributed by atoms with E-state index in [9.17, 15) is 9.59 Å². The fraction of sp³-hybridized carbons (Fsp3) is 0.600. The van der Waals surface area contributed by atoms with Crippen LogP contribution in [0.25, 0.3) is 0 Å². The molecule has 0 heterocycles. The molecule has 0 saturated heterocycles. The molecule has 0 atom stereocenters. The molecule has 0 fully saturated rings. The van der Waals surface area contributed by atoms with E-state index in [-0.39, 0.29) is 30.4 Å². The van der Waals surface area contributed by atoms with Gasteiger partial charge in [-0.15, -0.1) is 0 Å². The Kier molecular flexibility index (Phi) is 6.17. The van der Waals surface area contributed by atoms with Gasteiger partial charge in [0.05, 0.1) is 11.7 Å². The minimum atomic E-state index is -1.28. The third-order valence-corrected chi connectivity index (χ3v) is 1.72. The van der Waals surface area contributed by atoms with Crippen LogP contribution in [0.2, 0.25) is 0 Å². The summed E-state index contributed by atoms with van der Waals surface area (Å²) in [6.07, 6.45) is -1.49. The maximum absolute atomic E-state index is 11.5. The highest BCUT2D eigenvalue weighted by atomic mass is 16.5. The summed E-state index contributed by atoms with van der Waals surface area (Å²) in [4.78, 5) is 21.9. The molecule has 0 aliphatic heterocycles. The van der Waals surface area contributed by atoms with E-state index >= 15 is 0 Å². The Morgan fingerprint density at radius 2 is 1.94 bits per heavy atom. The van der Waals surface area contributed by atoms with Crippen LogP contribution in [0, 0.1) is 0 Å². The summed E-state index contributed by atoms with van der Waals surface area (Å²) in [6, 6.07) is 0. The minimum absolute atomic E-state index is 0.0608. The number of aliphatic hydroxyl groups is 1. The lowest BCUT2D eigenvalue weighted by Gasteiger charge is -2.12. The number of rotatable bonds is 5. The van der Waals surface area contributed by atoms with Gasteiger partial charge in [0, 0.05) is 18.7 Å². The number of nitrogens with one attached hydrogen (secondary N) is 1. The lowest BCUT2D eigenvalue weighted by atomic mass is 10.2. The third kappa shape index (κ3) is 5.35. The molecule has 1 amide bonds. The number of aliphatic hydroxyl groups excluding tert-OH is 1. The third-order valence-electron chi connectivity index (χ3n) is 1.72. The van der Waals surface area contributed by atoms with E-state index in [0.29, 0.717) is 0 Å². The Labute approximate surface area is 93.9 Å². The van der Waals surface area contributed by atoms with Crippen LogP contribution >= 0.6 is 0 Å². The molecule has 0 aliphatic carbocycles. The Morgan fingerprint density at radius 1 is 1.38 bits per heavy atom. The van der Waals surface area contributed by atoms with E-state index in [1.807, 2.05) is 0 Å². The van der Waals surface area contributed by atoms with Gasteiger partial charge in [0.2, 0.25) is 0 Å². The second-order valence-electron chi connectivity index (χ2n) is 3.46. The van der Waals surface area contributed by atoms with Crippen LogP contribution in [0.5, 0.6) is 0 Å². The Morgan fingerprint density at radius 3 is 2.31 bits per heavy atom. The van der Waals surface area contributed by atoms with Crippen molar-refractivity contribution in [3.63, 3.8) is 0 Å². The molecule has 0 bridgehead atoms. The zero-order valence-corrected chi connectivity index (χ0v) is 9.61. The monoisotopic (exact) mass is 231 g/mol. The van der Waals surface area contributed by atoms with Gasteiger partial charge in [0.15, 0.2) is 0 Å². The summed E-state index contributed by atoms with van der Waals surface area (Å²) >= 11 is 0. The van der Waals surface area contributed by atoms with Gasteiger partial charge in [-0.1, -0.05) is 0 Å². The van der Waals surface area contributed by atoms with Gasteiger partial charge in [-0.2, -0.15) is 0 Å². The van der Waals surface area contributed by atoms with Gasteiger partial charge in [-0.05, 0) is 20.8 Å². The number of ether oxygens (including phenoxy) is 1. The normalized spacial score (nSPS) is 12.1. The zero-order chi connectivity index (χ0) is 12.7. The van der Waals surface area contributed by atoms with Crippen molar-refractivity contribution in [1.82, 2.24) is 5.32 Å². The maximum atomic E-state index is 11.5. The molecule has 0 spiro atoms. The first-order valence-electron chi connectivity index (χ1n) is 4.90. The Bertz CT molecular complexity index is 296. The predicted molar refractivity (Wildman–Crippen MR) is 56.8 cm³/mol. The summed E-state index contributed by atoms with van der Waals surface area (Å²) in [5.74, 6) is -0.591. The van der Waals surface area contributed by atoms with Crippen LogP contribution in [0.15, 0.2) is 11.3 Å². The predicted octanol–water partition coefficient (Wildman–Crippen LogP) is 0.862. The topological polar surface area (TPSA) is 95.9 Å². The van der Waals surface area contributed by atoms with Gasteiger partial charge < -0.3 is 14.9 Å². The summed E-state index contributed by atoms with van der Waals surface area (Å²) in [5, 5.41) is 19.4. The first-order chi connectivity index (χ1) is 7.38. The molecule has 0 unspecified atom stereocenters. The molecule has 16 heavy (non-hydrogen) atoms. The van der Waals surface area contributed by atoms with E-state index in [1.165, 1.54) is 6.92 Å². The van der Waals surface area contributed by atoms with Crippen LogP contribution in [0.4, 0.5) is 4.79 Å². The molecule has 6 heteroatoms. The number of hydrogen-bond acceptors (Lipinski definition) is 4. The second-order valence-corrected chi connectivity index (χ2v) is 3.46. The molecule has 0 radical (unpaired) electrons. The van der Waals surface area contributed by atoms with Crippen LogP contribution < -0.4 is 5.32 Å². The Hall–Kier alpha value is -1.56. The highest BCUT2D eigenvalue weighted by molar-refractivity contribution is 5.89. The molecule has 92 valence electrons. The first kappa shape index (κ1) is 14.4. The van der Waals surface area contributed by atoms with E-state index < -0.39 is 12.1 Å². The van der Waals surface area contributed by atoms with E-state index in [2.05, 4.69) is 5.32 Å². The quantitative estimate of drug-likeness (QED) is 0.481. The standard InChI is InChI=1S/C10H17NO5/c1-6(2)16-9(13)7(3)8(4-5-12)11-10(14)15/h6,11-12H,4-5H2,1-3H3,(H,14,15). The van der Waals surface area contributed by atoms with Crippen molar-refractivity contribution in [2.75, 3.05) is 6.61 Å². The smallest absolute Gasteiger partial charge is 0.408 e. The molecular formula is C10H17NO5. The molecule has 0 aliphatic rings. The average molecular weight is 231 g/mol. The summed E-state index contributed by atoms with van der Waals surface area (Å²) in [5.41, 5.74) is 0.311. The molecule has 6 nitrogen and oxygen atoms in total. The lowest BCUT2D eigenvalue weighted by Crippen LogP contribution is -2.25. The van der Waals surface area contributed by atoms with Crippen LogP contribution in [0.3, 0.4) is 0 Å². The Balaban J connectivity index is 4.79. The van der Waals surface area contributed by atoms with Gasteiger partial charge in [0.25, 0.3) is 0 Å². The van der Waals surface area contributed by atoms with Gasteiger partial charge >= 0.3 is 12.1 Å². The van der Waals surface area contributed by atoms with Gasteiger partial charge in [-0.25, -0.2) is 9.59 Å². The first-order valence-corrected chi connectivity index (χ1v) is 4.90. The van der Waals surface area contributed by atoms with Crippen molar-refractivity contribution in [3.8, 4) is 0 Å². The minimum Gasteiger partial charge on any atom is -0.465 e. The van der Waals surface area contributed by atoms with E-state index in [0.717, 1.165) is 0 Å². The maximum Gasteiger partial charge on any atom is 0.408 e. The number of amides is 1. The highest BCUT2D eigenvalue weighted by Gasteiger charge is 2.14. The summed E-state index contributed by atoms with van der Waals surface area (Å²) in [7, 11) is 0. The van der Waals surface area contributed by atoms with Crippen LogP contribution in [-0.4, -0.2) is 35.0 Å². The van der Waals surface area contributed by atoms with Crippen molar-refractivity contribution in [1.29, 1.82) is 0 Å². The number of hydrogen-bond donors (Lipinski definition) is 3. The molecule has 3 N–H and O–H groups in total.